The number of amides is 1. The molecular weight excluding hydrogens is 398 g/mol. The molecule has 1 N–H and O–H groups in total. The zero-order valence-electron chi connectivity index (χ0n) is 17.8. The van der Waals surface area contributed by atoms with E-state index in [1.165, 1.54) is 50.5 Å². The first kappa shape index (κ1) is 23.9. The van der Waals surface area contributed by atoms with Crippen molar-refractivity contribution in [2.24, 2.45) is 5.10 Å². The molecular formula is C23H29N3O5. The number of nitro groups is 1. The van der Waals surface area contributed by atoms with E-state index in [1.54, 1.807) is 24.3 Å². The van der Waals surface area contributed by atoms with Crippen molar-refractivity contribution in [2.75, 3.05) is 13.2 Å². The van der Waals surface area contributed by atoms with Crippen molar-refractivity contribution in [3.05, 3.63) is 64.2 Å². The third-order valence-electron chi connectivity index (χ3n) is 4.44. The molecule has 0 unspecified atom stereocenters. The van der Waals surface area contributed by atoms with Gasteiger partial charge in [-0.05, 0) is 30.7 Å². The summed E-state index contributed by atoms with van der Waals surface area (Å²) in [6.45, 7) is 2.70. The normalized spacial score (nSPS) is 10.7. The number of carbonyl (C=O) groups excluding carboxylic acids is 1. The summed E-state index contributed by atoms with van der Waals surface area (Å²) >= 11 is 0. The summed E-state index contributed by atoms with van der Waals surface area (Å²) in [5.41, 5.74) is 2.79. The number of hydrogen-bond donors (Lipinski definition) is 1. The third-order valence-corrected chi connectivity index (χ3v) is 4.44. The molecule has 0 saturated heterocycles. The maximum atomic E-state index is 11.8. The Bertz CT molecular complexity index is 853. The number of rotatable bonds is 14. The van der Waals surface area contributed by atoms with E-state index in [9.17, 15) is 14.9 Å². The molecule has 0 aliphatic carbocycles. The van der Waals surface area contributed by atoms with Crippen molar-refractivity contribution in [1.82, 2.24) is 5.43 Å². The number of ether oxygens (including phenoxy) is 2. The van der Waals surface area contributed by atoms with Crippen LogP contribution in [0.3, 0.4) is 0 Å². The molecule has 2 aromatic carbocycles. The van der Waals surface area contributed by atoms with Gasteiger partial charge in [0.15, 0.2) is 6.61 Å². The van der Waals surface area contributed by atoms with E-state index in [0.29, 0.717) is 17.9 Å². The average Bonchev–Trinajstić information content (AvgIpc) is 2.78. The lowest BCUT2D eigenvalue weighted by molar-refractivity contribution is -0.384. The Morgan fingerprint density at radius 3 is 2.42 bits per heavy atom. The van der Waals surface area contributed by atoms with E-state index >= 15 is 0 Å². The van der Waals surface area contributed by atoms with Gasteiger partial charge in [-0.1, -0.05) is 51.2 Å². The van der Waals surface area contributed by atoms with Crippen LogP contribution in [0.15, 0.2) is 53.6 Å². The van der Waals surface area contributed by atoms with Crippen LogP contribution in [0.5, 0.6) is 11.5 Å². The summed E-state index contributed by atoms with van der Waals surface area (Å²) in [7, 11) is 0. The van der Waals surface area contributed by atoms with Gasteiger partial charge in [0, 0.05) is 17.7 Å². The van der Waals surface area contributed by atoms with Crippen molar-refractivity contribution < 1.29 is 19.2 Å². The van der Waals surface area contributed by atoms with E-state index < -0.39 is 10.8 Å². The van der Waals surface area contributed by atoms with E-state index in [4.69, 9.17) is 9.47 Å². The van der Waals surface area contributed by atoms with Crippen LogP contribution in [0.2, 0.25) is 0 Å². The van der Waals surface area contributed by atoms with Crippen LogP contribution >= 0.6 is 0 Å². The van der Waals surface area contributed by atoms with Gasteiger partial charge in [0.1, 0.15) is 11.5 Å². The molecule has 2 aromatic rings. The Morgan fingerprint density at radius 2 is 1.71 bits per heavy atom. The number of hydrazone groups is 1. The van der Waals surface area contributed by atoms with E-state index in [0.717, 1.165) is 12.2 Å². The van der Waals surface area contributed by atoms with Crippen LogP contribution in [-0.2, 0) is 4.79 Å². The fourth-order valence-corrected chi connectivity index (χ4v) is 2.78. The van der Waals surface area contributed by atoms with E-state index in [1.807, 2.05) is 12.1 Å². The minimum absolute atomic E-state index is 0.0435. The molecule has 0 atom stereocenters. The quantitative estimate of drug-likeness (QED) is 0.201. The fourth-order valence-electron chi connectivity index (χ4n) is 2.78. The van der Waals surface area contributed by atoms with Crippen LogP contribution in [0.1, 0.15) is 51.0 Å². The zero-order chi connectivity index (χ0) is 22.3. The van der Waals surface area contributed by atoms with Gasteiger partial charge in [0.25, 0.3) is 11.6 Å². The number of nitro benzene ring substituents is 1. The second-order valence-electron chi connectivity index (χ2n) is 7.02. The highest BCUT2D eigenvalue weighted by Gasteiger charge is 2.05. The summed E-state index contributed by atoms with van der Waals surface area (Å²) < 4.78 is 11.1. The lowest BCUT2D eigenvalue weighted by Crippen LogP contribution is -2.24. The average molecular weight is 428 g/mol. The first-order valence-corrected chi connectivity index (χ1v) is 10.5. The van der Waals surface area contributed by atoms with E-state index in [-0.39, 0.29) is 12.3 Å². The molecule has 0 bridgehead atoms. The summed E-state index contributed by atoms with van der Waals surface area (Å²) in [5, 5.41) is 14.5. The SMILES string of the molecule is CCCCCCCCOc1ccc(OCC(=O)NN=Cc2cccc([N+](=O)[O-])c2)cc1. The maximum Gasteiger partial charge on any atom is 0.277 e. The molecule has 2 rings (SSSR count). The topological polar surface area (TPSA) is 103 Å². The molecule has 0 aliphatic heterocycles. The fraction of sp³-hybridized carbons (Fsp3) is 0.391. The summed E-state index contributed by atoms with van der Waals surface area (Å²) in [6, 6.07) is 13.1. The highest BCUT2D eigenvalue weighted by molar-refractivity contribution is 5.83. The second-order valence-corrected chi connectivity index (χ2v) is 7.02. The Labute approximate surface area is 182 Å². The van der Waals surface area contributed by atoms with Crippen molar-refractivity contribution in [1.29, 1.82) is 0 Å². The Balaban J connectivity index is 1.65. The second kappa shape index (κ2) is 13.7. The maximum absolute atomic E-state index is 11.8. The molecule has 166 valence electrons. The molecule has 0 aliphatic rings. The molecule has 0 spiro atoms. The largest absolute Gasteiger partial charge is 0.494 e. The van der Waals surface area contributed by atoms with Gasteiger partial charge < -0.3 is 9.47 Å². The third kappa shape index (κ3) is 9.75. The Hall–Kier alpha value is -3.42. The van der Waals surface area contributed by atoms with Gasteiger partial charge in [-0.2, -0.15) is 5.10 Å². The van der Waals surface area contributed by atoms with Crippen LogP contribution in [0.4, 0.5) is 5.69 Å². The lowest BCUT2D eigenvalue weighted by Gasteiger charge is -2.08. The Kier molecular flexibility index (Phi) is 10.6. The van der Waals surface area contributed by atoms with Crippen LogP contribution < -0.4 is 14.9 Å². The number of nitrogens with zero attached hydrogens (tertiary/aromatic N) is 2. The van der Waals surface area contributed by atoms with Gasteiger partial charge in [-0.25, -0.2) is 5.43 Å². The van der Waals surface area contributed by atoms with Crippen LogP contribution in [0.25, 0.3) is 0 Å². The van der Waals surface area contributed by atoms with Gasteiger partial charge in [-0.3, -0.25) is 14.9 Å². The number of hydrogen-bond acceptors (Lipinski definition) is 6. The van der Waals surface area contributed by atoms with Gasteiger partial charge in [0.05, 0.1) is 17.7 Å². The molecule has 1 amide bonds. The van der Waals surface area contributed by atoms with Crippen LogP contribution in [-0.4, -0.2) is 30.3 Å². The molecule has 0 radical (unpaired) electrons. The minimum Gasteiger partial charge on any atom is -0.494 e. The summed E-state index contributed by atoms with van der Waals surface area (Å²) in [4.78, 5) is 22.1. The molecule has 0 heterocycles. The highest BCUT2D eigenvalue weighted by Crippen LogP contribution is 2.18. The number of unbranched alkanes of at least 4 members (excludes halogenated alkanes) is 5. The molecule has 8 nitrogen and oxygen atoms in total. The molecule has 8 heteroatoms. The first-order chi connectivity index (χ1) is 15.1. The number of nitrogens with one attached hydrogen (secondary N) is 1. The minimum atomic E-state index is -0.491. The van der Waals surface area contributed by atoms with Crippen molar-refractivity contribution in [2.45, 2.75) is 45.4 Å². The smallest absolute Gasteiger partial charge is 0.277 e. The molecule has 0 saturated carbocycles. The number of carbonyl (C=O) groups is 1. The highest BCUT2D eigenvalue weighted by atomic mass is 16.6. The zero-order valence-corrected chi connectivity index (χ0v) is 17.8. The van der Waals surface area contributed by atoms with Crippen molar-refractivity contribution in [3.8, 4) is 11.5 Å². The number of benzene rings is 2. The predicted molar refractivity (Wildman–Crippen MR) is 120 cm³/mol. The molecule has 31 heavy (non-hydrogen) atoms. The first-order valence-electron chi connectivity index (χ1n) is 10.5. The Morgan fingerprint density at radius 1 is 1.03 bits per heavy atom. The van der Waals surface area contributed by atoms with Gasteiger partial charge >= 0.3 is 0 Å². The van der Waals surface area contributed by atoms with Crippen molar-refractivity contribution in [3.63, 3.8) is 0 Å². The number of non-ortho nitro benzene ring substituents is 1. The van der Waals surface area contributed by atoms with E-state index in [2.05, 4.69) is 17.5 Å². The molecule has 0 fully saturated rings. The lowest BCUT2D eigenvalue weighted by atomic mass is 10.1. The standard InChI is InChI=1S/C23H29N3O5/c1-2-3-4-5-6-7-15-30-21-11-13-22(14-12-21)31-18-23(27)25-24-17-19-9-8-10-20(16-19)26(28)29/h8-14,16-17H,2-7,15,18H2,1H3,(H,25,27). The summed E-state index contributed by atoms with van der Waals surface area (Å²) in [5.74, 6) is 0.877. The molecule has 0 aromatic heterocycles. The predicted octanol–water partition coefficient (Wildman–Crippen LogP) is 4.86. The van der Waals surface area contributed by atoms with Gasteiger partial charge in [-0.15, -0.1) is 0 Å². The van der Waals surface area contributed by atoms with Crippen molar-refractivity contribution >= 4 is 17.8 Å². The van der Waals surface area contributed by atoms with Gasteiger partial charge in [0.2, 0.25) is 0 Å². The van der Waals surface area contributed by atoms with Crippen LogP contribution in [0, 0.1) is 10.1 Å². The summed E-state index contributed by atoms with van der Waals surface area (Å²) in [6.07, 6.45) is 8.64. The monoisotopic (exact) mass is 427 g/mol.